The molecule has 0 bridgehead atoms. The van der Waals surface area contributed by atoms with Gasteiger partial charge in [-0.25, -0.2) is 4.79 Å². The number of aromatic carboxylic acids is 1. The fourth-order valence-electron chi connectivity index (χ4n) is 1.89. The van der Waals surface area contributed by atoms with Crippen LogP contribution in [0.5, 0.6) is 5.75 Å². The molecule has 0 unspecified atom stereocenters. The first-order valence-electron chi connectivity index (χ1n) is 6.81. The fourth-order valence-corrected chi connectivity index (χ4v) is 2.93. The van der Waals surface area contributed by atoms with Gasteiger partial charge in [0.2, 0.25) is 0 Å². The Hall–Kier alpha value is -1.85. The Morgan fingerprint density at radius 1 is 1.29 bits per heavy atom. The summed E-state index contributed by atoms with van der Waals surface area (Å²) in [4.78, 5) is 12.4. The molecule has 0 aliphatic heterocycles. The number of benzene rings is 1. The van der Waals surface area contributed by atoms with E-state index in [2.05, 4.69) is 6.92 Å². The molecule has 0 spiro atoms. The Morgan fingerprint density at radius 2 is 2.05 bits per heavy atom. The summed E-state index contributed by atoms with van der Waals surface area (Å²) in [5.41, 5.74) is 1.05. The molecule has 0 aliphatic rings. The largest absolute Gasteiger partial charge is 0.477 e. The van der Waals surface area contributed by atoms with Crippen molar-refractivity contribution in [3.8, 4) is 5.75 Å². The highest BCUT2D eigenvalue weighted by atomic mass is 32.1. The van der Waals surface area contributed by atoms with Crippen molar-refractivity contribution in [2.75, 3.05) is 6.79 Å². The minimum absolute atomic E-state index is 0.0392. The smallest absolute Gasteiger partial charge is 0.349 e. The van der Waals surface area contributed by atoms with Gasteiger partial charge in [0, 0.05) is 4.88 Å². The minimum atomic E-state index is -0.958. The molecule has 21 heavy (non-hydrogen) atoms. The Balaban J connectivity index is 1.88. The van der Waals surface area contributed by atoms with E-state index >= 15 is 0 Å². The number of ether oxygens (including phenoxy) is 2. The Labute approximate surface area is 128 Å². The minimum Gasteiger partial charge on any atom is -0.477 e. The molecule has 0 radical (unpaired) electrons. The molecular weight excluding hydrogens is 288 g/mol. The SMILES string of the molecule is CCCc1cc(OCOCc2ccccc2)c(C(=O)O)s1. The van der Waals surface area contributed by atoms with Gasteiger partial charge >= 0.3 is 5.97 Å². The van der Waals surface area contributed by atoms with Gasteiger partial charge in [0.1, 0.15) is 5.75 Å². The number of carboxylic acids is 1. The van der Waals surface area contributed by atoms with E-state index in [4.69, 9.17) is 9.47 Å². The molecule has 2 aromatic rings. The number of carboxylic acid groups (broad SMARTS) is 1. The lowest BCUT2D eigenvalue weighted by Crippen LogP contribution is -2.05. The maximum Gasteiger partial charge on any atom is 0.349 e. The van der Waals surface area contributed by atoms with Gasteiger partial charge in [-0.3, -0.25) is 0 Å². The molecule has 1 aromatic heterocycles. The van der Waals surface area contributed by atoms with Crippen molar-refractivity contribution in [3.63, 3.8) is 0 Å². The van der Waals surface area contributed by atoms with Crippen LogP contribution in [0, 0.1) is 0 Å². The van der Waals surface area contributed by atoms with Gasteiger partial charge in [-0.15, -0.1) is 11.3 Å². The maximum atomic E-state index is 11.2. The van der Waals surface area contributed by atoms with Crippen LogP contribution in [-0.2, 0) is 17.8 Å². The second-order valence-electron chi connectivity index (χ2n) is 4.56. The van der Waals surface area contributed by atoms with Gasteiger partial charge in [-0.1, -0.05) is 43.7 Å². The van der Waals surface area contributed by atoms with E-state index in [1.54, 1.807) is 6.07 Å². The fraction of sp³-hybridized carbons (Fsp3) is 0.312. The maximum absolute atomic E-state index is 11.2. The number of thiophene rings is 1. The molecule has 1 N–H and O–H groups in total. The summed E-state index contributed by atoms with van der Waals surface area (Å²) < 4.78 is 10.9. The van der Waals surface area contributed by atoms with Crippen LogP contribution in [0.15, 0.2) is 36.4 Å². The van der Waals surface area contributed by atoms with Gasteiger partial charge in [0.15, 0.2) is 11.7 Å². The number of hydrogen-bond acceptors (Lipinski definition) is 4. The summed E-state index contributed by atoms with van der Waals surface area (Å²) >= 11 is 1.27. The first kappa shape index (κ1) is 15.5. The van der Waals surface area contributed by atoms with Gasteiger partial charge in [-0.05, 0) is 18.1 Å². The van der Waals surface area contributed by atoms with E-state index in [0.717, 1.165) is 23.3 Å². The second kappa shape index (κ2) is 7.81. The molecule has 0 fully saturated rings. The summed E-state index contributed by atoms with van der Waals surface area (Å²) in [6.07, 6.45) is 1.84. The lowest BCUT2D eigenvalue weighted by atomic mass is 10.2. The van der Waals surface area contributed by atoms with Crippen LogP contribution in [0.4, 0.5) is 0 Å². The molecule has 1 heterocycles. The predicted octanol–water partition coefficient (Wildman–Crippen LogP) is 3.95. The second-order valence-corrected chi connectivity index (χ2v) is 5.69. The quantitative estimate of drug-likeness (QED) is 0.592. The standard InChI is InChI=1S/C16H18O4S/c1-2-6-13-9-14(15(21-13)16(17)18)20-11-19-10-12-7-4-3-5-8-12/h3-5,7-9H,2,6,10-11H2,1H3,(H,17,18). The lowest BCUT2D eigenvalue weighted by molar-refractivity contribution is 0.00462. The normalized spacial score (nSPS) is 10.5. The third-order valence-corrected chi connectivity index (χ3v) is 4.01. The first-order chi connectivity index (χ1) is 10.2. The first-order valence-corrected chi connectivity index (χ1v) is 7.62. The number of rotatable bonds is 8. The molecule has 0 amide bonds. The van der Waals surface area contributed by atoms with Crippen molar-refractivity contribution in [1.29, 1.82) is 0 Å². The molecule has 0 aliphatic carbocycles. The van der Waals surface area contributed by atoms with Crippen LogP contribution in [0.2, 0.25) is 0 Å². The summed E-state index contributed by atoms with van der Waals surface area (Å²) in [5, 5.41) is 9.17. The Kier molecular flexibility index (Phi) is 5.78. The van der Waals surface area contributed by atoms with Crippen molar-refractivity contribution in [1.82, 2.24) is 0 Å². The highest BCUT2D eigenvalue weighted by molar-refractivity contribution is 7.14. The van der Waals surface area contributed by atoms with E-state index in [1.165, 1.54) is 11.3 Å². The molecule has 4 nitrogen and oxygen atoms in total. The summed E-state index contributed by atoms with van der Waals surface area (Å²) in [7, 11) is 0. The van der Waals surface area contributed by atoms with Crippen molar-refractivity contribution in [2.24, 2.45) is 0 Å². The molecule has 0 saturated heterocycles. The third kappa shape index (κ3) is 4.58. The van der Waals surface area contributed by atoms with Gasteiger partial charge in [0.05, 0.1) is 6.61 Å². The molecule has 112 valence electrons. The highest BCUT2D eigenvalue weighted by Gasteiger charge is 2.16. The van der Waals surface area contributed by atoms with Crippen molar-refractivity contribution < 1.29 is 19.4 Å². The summed E-state index contributed by atoms with van der Waals surface area (Å²) in [6.45, 7) is 2.54. The zero-order valence-corrected chi connectivity index (χ0v) is 12.7. The summed E-state index contributed by atoms with van der Waals surface area (Å²) in [5.74, 6) is -0.565. The lowest BCUT2D eigenvalue weighted by Gasteiger charge is -2.06. The predicted molar refractivity (Wildman–Crippen MR) is 82.0 cm³/mol. The number of carbonyl (C=O) groups is 1. The molecule has 2 rings (SSSR count). The van der Waals surface area contributed by atoms with E-state index in [9.17, 15) is 9.90 Å². The van der Waals surface area contributed by atoms with Crippen LogP contribution < -0.4 is 4.74 Å². The topological polar surface area (TPSA) is 55.8 Å². The third-order valence-electron chi connectivity index (χ3n) is 2.85. The van der Waals surface area contributed by atoms with Crippen molar-refractivity contribution >= 4 is 17.3 Å². The van der Waals surface area contributed by atoms with Crippen LogP contribution in [0.25, 0.3) is 0 Å². The van der Waals surface area contributed by atoms with Crippen molar-refractivity contribution in [3.05, 3.63) is 51.7 Å². The van der Waals surface area contributed by atoms with Crippen LogP contribution in [0.3, 0.4) is 0 Å². The average molecular weight is 306 g/mol. The highest BCUT2D eigenvalue weighted by Crippen LogP contribution is 2.30. The van der Waals surface area contributed by atoms with Gasteiger partial charge < -0.3 is 14.6 Å². The van der Waals surface area contributed by atoms with E-state index in [0.29, 0.717) is 12.4 Å². The van der Waals surface area contributed by atoms with Gasteiger partial charge in [0.25, 0.3) is 0 Å². The summed E-state index contributed by atoms with van der Waals surface area (Å²) in [6, 6.07) is 11.6. The van der Waals surface area contributed by atoms with Crippen LogP contribution >= 0.6 is 11.3 Å². The monoisotopic (exact) mass is 306 g/mol. The van der Waals surface area contributed by atoms with E-state index in [1.807, 2.05) is 30.3 Å². The molecule has 0 saturated carbocycles. The molecule has 1 aromatic carbocycles. The average Bonchev–Trinajstić information content (AvgIpc) is 2.88. The zero-order valence-electron chi connectivity index (χ0n) is 11.9. The van der Waals surface area contributed by atoms with E-state index in [-0.39, 0.29) is 11.7 Å². The van der Waals surface area contributed by atoms with Crippen LogP contribution in [-0.4, -0.2) is 17.9 Å². The van der Waals surface area contributed by atoms with Gasteiger partial charge in [-0.2, -0.15) is 0 Å². The number of hydrogen-bond donors (Lipinski definition) is 1. The molecule has 5 heteroatoms. The van der Waals surface area contributed by atoms with Crippen LogP contribution in [0.1, 0.15) is 33.5 Å². The Bertz CT molecular complexity index is 577. The number of aryl methyl sites for hydroxylation is 1. The van der Waals surface area contributed by atoms with Crippen molar-refractivity contribution in [2.45, 2.75) is 26.4 Å². The molecular formula is C16H18O4S. The zero-order chi connectivity index (χ0) is 15.1. The van der Waals surface area contributed by atoms with E-state index < -0.39 is 5.97 Å². The molecule has 0 atom stereocenters. The Morgan fingerprint density at radius 3 is 2.71 bits per heavy atom.